The SMILES string of the molecule is COc1cc(/C=C2\C(=O)NC(=O)N(c3ccc(C)c(Cl)c3)C2=O)cc(Br)c1OCc1ccccc1Cl. The summed E-state index contributed by atoms with van der Waals surface area (Å²) in [7, 11) is 1.47. The molecule has 0 saturated carbocycles. The molecule has 184 valence electrons. The number of halogens is 3. The molecule has 1 saturated heterocycles. The van der Waals surface area contributed by atoms with E-state index in [1.165, 1.54) is 19.3 Å². The highest BCUT2D eigenvalue weighted by Crippen LogP contribution is 2.38. The van der Waals surface area contributed by atoms with E-state index in [4.69, 9.17) is 32.7 Å². The average molecular weight is 590 g/mol. The van der Waals surface area contributed by atoms with Crippen molar-refractivity contribution in [1.29, 1.82) is 0 Å². The minimum atomic E-state index is -0.857. The second-order valence-electron chi connectivity index (χ2n) is 7.81. The Labute approximate surface area is 225 Å². The number of carbonyl (C=O) groups is 3. The number of urea groups is 1. The Hall–Kier alpha value is -3.33. The standard InChI is InChI=1S/C26H19BrCl2N2O5/c1-14-7-8-17(12-21(14)29)31-25(33)18(24(32)30-26(31)34)9-15-10-19(27)23(22(11-15)35-2)36-13-16-5-3-4-6-20(16)28/h3-12H,13H2,1-2H3,(H,30,32,34)/b18-9+. The topological polar surface area (TPSA) is 84.9 Å². The molecule has 1 fully saturated rings. The highest BCUT2D eigenvalue weighted by Gasteiger charge is 2.37. The molecule has 0 radical (unpaired) electrons. The molecule has 0 unspecified atom stereocenters. The fourth-order valence-corrected chi connectivity index (χ4v) is 4.45. The second kappa shape index (κ2) is 10.7. The van der Waals surface area contributed by atoms with E-state index in [1.807, 2.05) is 18.2 Å². The molecule has 1 N–H and O–H groups in total. The molecule has 1 aliphatic heterocycles. The molecule has 1 heterocycles. The molecule has 0 aliphatic carbocycles. The second-order valence-corrected chi connectivity index (χ2v) is 9.47. The van der Waals surface area contributed by atoms with Crippen molar-refractivity contribution in [1.82, 2.24) is 5.32 Å². The molecule has 4 amide bonds. The number of barbiturate groups is 1. The molecule has 4 rings (SSSR count). The molecule has 3 aromatic carbocycles. The molecule has 3 aromatic rings. The Bertz CT molecular complexity index is 1420. The minimum Gasteiger partial charge on any atom is -0.493 e. The first kappa shape index (κ1) is 25.8. The van der Waals surface area contributed by atoms with Gasteiger partial charge in [-0.2, -0.15) is 0 Å². The van der Waals surface area contributed by atoms with Gasteiger partial charge in [-0.1, -0.05) is 47.5 Å². The van der Waals surface area contributed by atoms with Crippen LogP contribution in [0.2, 0.25) is 10.0 Å². The quantitative estimate of drug-likeness (QED) is 0.269. The minimum absolute atomic E-state index is 0.201. The summed E-state index contributed by atoms with van der Waals surface area (Å²) in [5.41, 5.74) is 2.06. The largest absolute Gasteiger partial charge is 0.493 e. The summed E-state index contributed by atoms with van der Waals surface area (Å²) in [6.45, 7) is 2.00. The summed E-state index contributed by atoms with van der Waals surface area (Å²) in [6, 6.07) is 14.5. The first-order valence-electron chi connectivity index (χ1n) is 10.6. The molecule has 0 aromatic heterocycles. The summed E-state index contributed by atoms with van der Waals surface area (Å²) in [4.78, 5) is 39.1. The first-order chi connectivity index (χ1) is 17.2. The number of methoxy groups -OCH3 is 1. The predicted molar refractivity (Wildman–Crippen MR) is 142 cm³/mol. The first-order valence-corrected chi connectivity index (χ1v) is 12.2. The number of rotatable bonds is 6. The van der Waals surface area contributed by atoms with E-state index in [1.54, 1.807) is 37.3 Å². The van der Waals surface area contributed by atoms with Gasteiger partial charge in [0.15, 0.2) is 11.5 Å². The molecule has 0 bridgehead atoms. The molecule has 36 heavy (non-hydrogen) atoms. The molecule has 1 aliphatic rings. The maximum absolute atomic E-state index is 13.2. The van der Waals surface area contributed by atoms with Crippen LogP contribution >= 0.6 is 39.1 Å². The number of imide groups is 2. The van der Waals surface area contributed by atoms with E-state index in [0.29, 0.717) is 31.6 Å². The van der Waals surface area contributed by atoms with E-state index in [0.717, 1.165) is 16.0 Å². The van der Waals surface area contributed by atoms with Crippen molar-refractivity contribution < 1.29 is 23.9 Å². The van der Waals surface area contributed by atoms with Gasteiger partial charge in [0.2, 0.25) is 0 Å². The number of hydrogen-bond acceptors (Lipinski definition) is 5. The lowest BCUT2D eigenvalue weighted by molar-refractivity contribution is -0.122. The van der Waals surface area contributed by atoms with Crippen molar-refractivity contribution in [3.8, 4) is 11.5 Å². The Balaban J connectivity index is 1.66. The number of aryl methyl sites for hydroxylation is 1. The van der Waals surface area contributed by atoms with Crippen molar-refractivity contribution in [2.75, 3.05) is 12.0 Å². The summed E-state index contributed by atoms with van der Waals surface area (Å²) in [6.07, 6.45) is 1.37. The van der Waals surface area contributed by atoms with E-state index in [2.05, 4.69) is 21.2 Å². The third-order valence-corrected chi connectivity index (χ3v) is 6.77. The molecule has 0 atom stereocenters. The Morgan fingerprint density at radius 1 is 1.03 bits per heavy atom. The zero-order valence-electron chi connectivity index (χ0n) is 19.1. The van der Waals surface area contributed by atoms with Crippen molar-refractivity contribution in [3.63, 3.8) is 0 Å². The fourth-order valence-electron chi connectivity index (χ4n) is 3.51. The van der Waals surface area contributed by atoms with Crippen LogP contribution in [0.5, 0.6) is 11.5 Å². The molecular formula is C26H19BrCl2N2O5. The zero-order valence-corrected chi connectivity index (χ0v) is 22.2. The fraction of sp³-hybridized carbons (Fsp3) is 0.115. The highest BCUT2D eigenvalue weighted by molar-refractivity contribution is 9.10. The van der Waals surface area contributed by atoms with Crippen LogP contribution < -0.4 is 19.7 Å². The summed E-state index contributed by atoms with van der Waals surface area (Å²) < 4.78 is 11.9. The number of anilines is 1. The lowest BCUT2D eigenvalue weighted by atomic mass is 10.1. The third-order valence-electron chi connectivity index (χ3n) is 5.41. The Morgan fingerprint density at radius 3 is 2.47 bits per heavy atom. The van der Waals surface area contributed by atoms with Crippen molar-refractivity contribution in [2.24, 2.45) is 0 Å². The maximum Gasteiger partial charge on any atom is 0.335 e. The van der Waals surface area contributed by atoms with E-state index >= 15 is 0 Å². The summed E-state index contributed by atoms with van der Waals surface area (Å²) in [5, 5.41) is 3.16. The number of nitrogens with one attached hydrogen (secondary N) is 1. The van der Waals surface area contributed by atoms with Gasteiger partial charge in [0.1, 0.15) is 12.2 Å². The van der Waals surface area contributed by atoms with Gasteiger partial charge in [-0.05, 0) is 70.4 Å². The van der Waals surface area contributed by atoms with Crippen molar-refractivity contribution in [3.05, 3.63) is 91.4 Å². The van der Waals surface area contributed by atoms with Crippen LogP contribution in [0.4, 0.5) is 10.5 Å². The monoisotopic (exact) mass is 588 g/mol. The normalized spacial score (nSPS) is 14.8. The number of nitrogens with zero attached hydrogens (tertiary/aromatic N) is 1. The van der Waals surface area contributed by atoms with Gasteiger partial charge in [-0.15, -0.1) is 0 Å². The Kier molecular flexibility index (Phi) is 7.68. The van der Waals surface area contributed by atoms with E-state index in [-0.39, 0.29) is 17.9 Å². The van der Waals surface area contributed by atoms with Gasteiger partial charge < -0.3 is 9.47 Å². The average Bonchev–Trinajstić information content (AvgIpc) is 2.83. The van der Waals surface area contributed by atoms with Crippen LogP contribution in [0.3, 0.4) is 0 Å². The molecule has 7 nitrogen and oxygen atoms in total. The zero-order chi connectivity index (χ0) is 26.0. The molecule has 10 heteroatoms. The predicted octanol–water partition coefficient (Wildman–Crippen LogP) is 6.32. The van der Waals surface area contributed by atoms with Gasteiger partial charge in [0, 0.05) is 15.6 Å². The van der Waals surface area contributed by atoms with Crippen molar-refractivity contribution >= 4 is 68.7 Å². The number of ether oxygens (including phenoxy) is 2. The van der Waals surface area contributed by atoms with E-state index in [9.17, 15) is 14.4 Å². The van der Waals surface area contributed by atoms with Crippen LogP contribution in [0.15, 0.2) is 64.6 Å². The lowest BCUT2D eigenvalue weighted by Gasteiger charge is -2.26. The highest BCUT2D eigenvalue weighted by atomic mass is 79.9. The van der Waals surface area contributed by atoms with Crippen molar-refractivity contribution in [2.45, 2.75) is 13.5 Å². The van der Waals surface area contributed by atoms with Crippen LogP contribution in [0.25, 0.3) is 6.08 Å². The van der Waals surface area contributed by atoms with Crippen LogP contribution in [-0.2, 0) is 16.2 Å². The molecular weight excluding hydrogens is 571 g/mol. The van der Waals surface area contributed by atoms with Gasteiger partial charge in [0.05, 0.1) is 17.3 Å². The van der Waals surface area contributed by atoms with Crippen LogP contribution in [-0.4, -0.2) is 25.0 Å². The van der Waals surface area contributed by atoms with Crippen LogP contribution in [0, 0.1) is 6.92 Å². The number of hydrogen-bond donors (Lipinski definition) is 1. The maximum atomic E-state index is 13.2. The third kappa shape index (κ3) is 5.26. The van der Waals surface area contributed by atoms with Gasteiger partial charge in [-0.3, -0.25) is 14.9 Å². The van der Waals surface area contributed by atoms with Gasteiger partial charge >= 0.3 is 6.03 Å². The Morgan fingerprint density at radius 2 is 1.78 bits per heavy atom. The summed E-state index contributed by atoms with van der Waals surface area (Å²) >= 11 is 15.9. The van der Waals surface area contributed by atoms with Crippen LogP contribution in [0.1, 0.15) is 16.7 Å². The lowest BCUT2D eigenvalue weighted by Crippen LogP contribution is -2.54. The number of benzene rings is 3. The number of amides is 4. The van der Waals surface area contributed by atoms with Gasteiger partial charge in [-0.25, -0.2) is 9.69 Å². The number of carbonyl (C=O) groups excluding carboxylic acids is 3. The summed E-state index contributed by atoms with van der Waals surface area (Å²) in [5.74, 6) is -0.804. The van der Waals surface area contributed by atoms with Gasteiger partial charge in [0.25, 0.3) is 11.8 Å². The van der Waals surface area contributed by atoms with E-state index < -0.39 is 17.8 Å². The molecule has 0 spiro atoms. The smallest absolute Gasteiger partial charge is 0.335 e.